The Balaban J connectivity index is 2.54. The molecule has 1 heterocycles. The Bertz CT molecular complexity index is 345. The van der Waals surface area contributed by atoms with Gasteiger partial charge in [-0.2, -0.15) is 0 Å². The summed E-state index contributed by atoms with van der Waals surface area (Å²) in [5, 5.41) is 4.40. The Morgan fingerprint density at radius 1 is 1.57 bits per heavy atom. The lowest BCUT2D eigenvalue weighted by molar-refractivity contribution is 1.33. The van der Waals surface area contributed by atoms with Gasteiger partial charge in [-0.25, -0.2) is 0 Å². The molecule has 2 heteroatoms. The second-order valence-corrected chi connectivity index (χ2v) is 5.17. The van der Waals surface area contributed by atoms with Crippen molar-refractivity contribution in [2.45, 2.75) is 26.5 Å². The SMILES string of the molecule is C=C/C(C)=C\SCc1scc(C)c1C. The minimum absolute atomic E-state index is 1.08. The lowest BCUT2D eigenvalue weighted by Crippen LogP contribution is -1.78. The third-order valence-electron chi connectivity index (χ3n) is 2.19. The maximum absolute atomic E-state index is 3.73. The molecule has 0 N–H and O–H groups in total. The molecule has 0 aromatic carbocycles. The van der Waals surface area contributed by atoms with Gasteiger partial charge in [0.15, 0.2) is 0 Å². The van der Waals surface area contributed by atoms with Crippen molar-refractivity contribution in [1.29, 1.82) is 0 Å². The average Bonchev–Trinajstić information content (AvgIpc) is 2.49. The summed E-state index contributed by atoms with van der Waals surface area (Å²) in [4.78, 5) is 1.49. The summed E-state index contributed by atoms with van der Waals surface area (Å²) in [6.45, 7) is 10.2. The highest BCUT2D eigenvalue weighted by Crippen LogP contribution is 2.26. The zero-order valence-electron chi connectivity index (χ0n) is 8.96. The highest BCUT2D eigenvalue weighted by molar-refractivity contribution is 8.01. The standard InChI is InChI=1S/C12H16S2/c1-5-9(2)6-13-8-12-11(4)10(3)7-14-12/h5-7H,1,8H2,2-4H3/b9-6-. The van der Waals surface area contributed by atoms with Crippen LogP contribution >= 0.6 is 23.1 Å². The molecule has 1 rings (SSSR count). The second kappa shape index (κ2) is 5.42. The molecule has 0 amide bonds. The Morgan fingerprint density at radius 2 is 2.29 bits per heavy atom. The third kappa shape index (κ3) is 3.03. The van der Waals surface area contributed by atoms with Crippen LogP contribution in [0.3, 0.4) is 0 Å². The fraction of sp³-hybridized carbons (Fsp3) is 0.333. The van der Waals surface area contributed by atoms with Gasteiger partial charge >= 0.3 is 0 Å². The minimum Gasteiger partial charge on any atom is -0.147 e. The monoisotopic (exact) mass is 224 g/mol. The highest BCUT2D eigenvalue weighted by atomic mass is 32.2. The normalized spacial score (nSPS) is 11.8. The zero-order chi connectivity index (χ0) is 10.6. The van der Waals surface area contributed by atoms with Crippen molar-refractivity contribution in [2.24, 2.45) is 0 Å². The molecule has 0 bridgehead atoms. The molecule has 0 aliphatic rings. The van der Waals surface area contributed by atoms with Gasteiger partial charge in [-0.3, -0.25) is 0 Å². The van der Waals surface area contributed by atoms with Crippen LogP contribution < -0.4 is 0 Å². The molecule has 76 valence electrons. The first kappa shape index (κ1) is 11.6. The molecule has 0 radical (unpaired) electrons. The van der Waals surface area contributed by atoms with Crippen LogP contribution in [-0.2, 0) is 5.75 Å². The van der Waals surface area contributed by atoms with Crippen molar-refractivity contribution in [3.63, 3.8) is 0 Å². The van der Waals surface area contributed by atoms with Gasteiger partial charge in [0.05, 0.1) is 0 Å². The van der Waals surface area contributed by atoms with Crippen LogP contribution in [0.2, 0.25) is 0 Å². The smallest absolute Gasteiger partial charge is 0.0323 e. The Morgan fingerprint density at radius 3 is 2.79 bits per heavy atom. The van der Waals surface area contributed by atoms with E-state index in [-0.39, 0.29) is 0 Å². The van der Waals surface area contributed by atoms with Crippen molar-refractivity contribution < 1.29 is 0 Å². The zero-order valence-corrected chi connectivity index (χ0v) is 10.6. The molecule has 0 saturated heterocycles. The number of thiophene rings is 1. The number of aryl methyl sites for hydroxylation is 1. The topological polar surface area (TPSA) is 0 Å². The first-order valence-electron chi connectivity index (χ1n) is 4.59. The number of hydrogen-bond donors (Lipinski definition) is 0. The van der Waals surface area contributed by atoms with Gasteiger partial charge in [0.1, 0.15) is 0 Å². The maximum atomic E-state index is 3.73. The maximum Gasteiger partial charge on any atom is 0.0323 e. The number of thioether (sulfide) groups is 1. The van der Waals surface area contributed by atoms with E-state index in [2.05, 4.69) is 38.1 Å². The largest absolute Gasteiger partial charge is 0.147 e. The van der Waals surface area contributed by atoms with Crippen LogP contribution in [0, 0.1) is 13.8 Å². The summed E-state index contributed by atoms with van der Waals surface area (Å²) >= 11 is 3.70. The number of allylic oxidation sites excluding steroid dienone is 2. The summed E-state index contributed by atoms with van der Waals surface area (Å²) in [5.41, 5.74) is 4.10. The van der Waals surface area contributed by atoms with Gasteiger partial charge in [0.2, 0.25) is 0 Å². The molecule has 1 aromatic rings. The van der Waals surface area contributed by atoms with E-state index in [9.17, 15) is 0 Å². The lowest BCUT2D eigenvalue weighted by atomic mass is 10.2. The van der Waals surface area contributed by atoms with Gasteiger partial charge in [0.25, 0.3) is 0 Å². The van der Waals surface area contributed by atoms with Gasteiger partial charge in [0, 0.05) is 10.6 Å². The van der Waals surface area contributed by atoms with Gasteiger partial charge in [-0.05, 0) is 48.3 Å². The van der Waals surface area contributed by atoms with E-state index in [0.29, 0.717) is 0 Å². The summed E-state index contributed by atoms with van der Waals surface area (Å²) in [7, 11) is 0. The van der Waals surface area contributed by atoms with Crippen LogP contribution in [0.4, 0.5) is 0 Å². The van der Waals surface area contributed by atoms with E-state index >= 15 is 0 Å². The summed E-state index contributed by atoms with van der Waals surface area (Å²) < 4.78 is 0. The van der Waals surface area contributed by atoms with Crippen molar-refractivity contribution in [2.75, 3.05) is 0 Å². The average molecular weight is 224 g/mol. The molecule has 0 atom stereocenters. The van der Waals surface area contributed by atoms with E-state index in [1.807, 2.05) is 29.2 Å². The van der Waals surface area contributed by atoms with Crippen molar-refractivity contribution in [1.82, 2.24) is 0 Å². The van der Waals surface area contributed by atoms with E-state index in [0.717, 1.165) is 5.75 Å². The minimum atomic E-state index is 1.08. The van der Waals surface area contributed by atoms with Crippen LogP contribution in [0.25, 0.3) is 0 Å². The molecule has 0 aliphatic carbocycles. The molecule has 0 spiro atoms. The summed E-state index contributed by atoms with van der Waals surface area (Å²) in [5.74, 6) is 1.08. The lowest BCUT2D eigenvalue weighted by Gasteiger charge is -1.97. The molecule has 0 aliphatic heterocycles. The Labute approximate surface area is 94.7 Å². The fourth-order valence-corrected chi connectivity index (χ4v) is 3.12. The van der Waals surface area contributed by atoms with E-state index in [1.54, 1.807) is 0 Å². The van der Waals surface area contributed by atoms with Crippen molar-refractivity contribution in [3.8, 4) is 0 Å². The van der Waals surface area contributed by atoms with Crippen LogP contribution in [0.15, 0.2) is 29.0 Å². The quantitative estimate of drug-likeness (QED) is 0.669. The molecule has 0 fully saturated rings. The number of hydrogen-bond acceptors (Lipinski definition) is 2. The predicted molar refractivity (Wildman–Crippen MR) is 69.0 cm³/mol. The van der Waals surface area contributed by atoms with Gasteiger partial charge in [-0.15, -0.1) is 23.1 Å². The summed E-state index contributed by atoms with van der Waals surface area (Å²) in [6, 6.07) is 0. The van der Waals surface area contributed by atoms with Crippen LogP contribution in [-0.4, -0.2) is 0 Å². The van der Waals surface area contributed by atoms with Crippen molar-refractivity contribution >= 4 is 23.1 Å². The fourth-order valence-electron chi connectivity index (χ4n) is 0.995. The molecular weight excluding hydrogens is 208 g/mol. The molecule has 0 saturated carbocycles. The molecule has 1 aromatic heterocycles. The first-order chi connectivity index (χ1) is 6.65. The van der Waals surface area contributed by atoms with Gasteiger partial charge < -0.3 is 0 Å². The van der Waals surface area contributed by atoms with Gasteiger partial charge in [-0.1, -0.05) is 12.7 Å². The van der Waals surface area contributed by atoms with Crippen molar-refractivity contribution in [3.05, 3.63) is 45.0 Å². The third-order valence-corrected chi connectivity index (χ3v) is 4.58. The Hall–Kier alpha value is -0.470. The van der Waals surface area contributed by atoms with Crippen LogP contribution in [0.5, 0.6) is 0 Å². The molecule has 0 nitrogen and oxygen atoms in total. The molecular formula is C12H16S2. The second-order valence-electron chi connectivity index (χ2n) is 3.34. The van der Waals surface area contributed by atoms with Crippen LogP contribution in [0.1, 0.15) is 22.9 Å². The first-order valence-corrected chi connectivity index (χ1v) is 6.52. The van der Waals surface area contributed by atoms with E-state index in [4.69, 9.17) is 0 Å². The van der Waals surface area contributed by atoms with E-state index < -0.39 is 0 Å². The predicted octanol–water partition coefficient (Wildman–Crippen LogP) is 4.69. The Kier molecular flexibility index (Phi) is 4.49. The molecule has 0 unspecified atom stereocenters. The molecule has 14 heavy (non-hydrogen) atoms. The highest BCUT2D eigenvalue weighted by Gasteiger charge is 2.02. The van der Waals surface area contributed by atoms with E-state index in [1.165, 1.54) is 21.6 Å². The summed E-state index contributed by atoms with van der Waals surface area (Å²) in [6.07, 6.45) is 1.89. The number of rotatable bonds is 4.